The van der Waals surface area contributed by atoms with E-state index in [0.29, 0.717) is 15.7 Å². The number of carbonyl (C=O) groups excluding carboxylic acids is 1. The van der Waals surface area contributed by atoms with Crippen LogP contribution in [0.1, 0.15) is 6.92 Å². The number of fused-ring (bicyclic) bond motifs is 1. The van der Waals surface area contributed by atoms with Gasteiger partial charge in [-0.05, 0) is 19.1 Å². The maximum atomic E-state index is 12.1. The van der Waals surface area contributed by atoms with Gasteiger partial charge in [0.15, 0.2) is 5.70 Å². The fourth-order valence-electron chi connectivity index (χ4n) is 2.72. The summed E-state index contributed by atoms with van der Waals surface area (Å²) in [7, 11) is 0. The molecular formula is C16H17NO5S3. The lowest BCUT2D eigenvalue weighted by Gasteiger charge is -2.43. The average molecular weight is 400 g/mol. The van der Waals surface area contributed by atoms with Crippen molar-refractivity contribution in [3.8, 4) is 5.75 Å². The van der Waals surface area contributed by atoms with Gasteiger partial charge in [-0.15, -0.1) is 23.5 Å². The molecule has 0 bridgehead atoms. The molecule has 3 atom stereocenters. The summed E-state index contributed by atoms with van der Waals surface area (Å²) in [6.07, 6.45) is -0.794. The number of aliphatic carboxylic acids is 1. The lowest BCUT2D eigenvalue weighted by atomic mass is 9.92. The van der Waals surface area contributed by atoms with Gasteiger partial charge in [0.05, 0.1) is 16.3 Å². The Balaban J connectivity index is 1.61. The van der Waals surface area contributed by atoms with Crippen LogP contribution in [-0.4, -0.2) is 55.1 Å². The normalized spacial score (nSPS) is 23.4. The SMILES string of the molecule is CC(O)[C@H]1C(=O)N2C(C(=O)O)=C(SCCSc3ccccc3O)S[C@H]12. The molecule has 134 valence electrons. The van der Waals surface area contributed by atoms with Gasteiger partial charge in [-0.2, -0.15) is 0 Å². The number of carboxylic acid groups (broad SMARTS) is 1. The largest absolute Gasteiger partial charge is 0.507 e. The van der Waals surface area contributed by atoms with Crippen LogP contribution >= 0.6 is 35.3 Å². The summed E-state index contributed by atoms with van der Waals surface area (Å²) in [6, 6.07) is 7.06. The van der Waals surface area contributed by atoms with Crippen molar-refractivity contribution in [2.24, 2.45) is 5.92 Å². The molecule has 0 aliphatic carbocycles. The Labute approximate surface area is 157 Å². The Kier molecular flexibility index (Phi) is 5.57. The number of aromatic hydroxyl groups is 1. The number of hydrogen-bond donors (Lipinski definition) is 3. The van der Waals surface area contributed by atoms with E-state index in [4.69, 9.17) is 0 Å². The highest BCUT2D eigenvalue weighted by Gasteiger charge is 2.57. The number of amides is 1. The molecule has 0 saturated carbocycles. The molecular weight excluding hydrogens is 382 g/mol. The van der Waals surface area contributed by atoms with Gasteiger partial charge in [0.2, 0.25) is 5.91 Å². The van der Waals surface area contributed by atoms with Crippen LogP contribution in [0, 0.1) is 5.92 Å². The molecule has 3 N–H and O–H groups in total. The van der Waals surface area contributed by atoms with Gasteiger partial charge in [0.1, 0.15) is 11.1 Å². The molecule has 1 saturated heterocycles. The lowest BCUT2D eigenvalue weighted by Crippen LogP contribution is -2.60. The third-order valence-corrected chi connectivity index (χ3v) is 7.89. The summed E-state index contributed by atoms with van der Waals surface area (Å²) >= 11 is 4.22. The highest BCUT2D eigenvalue weighted by Crippen LogP contribution is 2.53. The van der Waals surface area contributed by atoms with Crippen molar-refractivity contribution in [3.05, 3.63) is 34.2 Å². The number of para-hydroxylation sites is 1. The zero-order valence-corrected chi connectivity index (χ0v) is 15.7. The van der Waals surface area contributed by atoms with Crippen molar-refractivity contribution in [1.82, 2.24) is 4.90 Å². The number of thioether (sulfide) groups is 3. The maximum Gasteiger partial charge on any atom is 0.354 e. The van der Waals surface area contributed by atoms with Crippen LogP contribution in [0.4, 0.5) is 0 Å². The molecule has 1 unspecified atom stereocenters. The number of benzene rings is 1. The first-order chi connectivity index (χ1) is 11.9. The first-order valence-electron chi connectivity index (χ1n) is 7.60. The van der Waals surface area contributed by atoms with Crippen molar-refractivity contribution in [2.75, 3.05) is 11.5 Å². The van der Waals surface area contributed by atoms with E-state index >= 15 is 0 Å². The van der Waals surface area contributed by atoms with Gasteiger partial charge in [-0.3, -0.25) is 9.69 Å². The predicted octanol–water partition coefficient (Wildman–Crippen LogP) is 2.38. The van der Waals surface area contributed by atoms with Crippen LogP contribution in [0.3, 0.4) is 0 Å². The molecule has 1 fully saturated rings. The van der Waals surface area contributed by atoms with E-state index in [1.165, 1.54) is 40.2 Å². The Bertz CT molecular complexity index is 736. The maximum absolute atomic E-state index is 12.1. The van der Waals surface area contributed by atoms with Crippen LogP contribution in [0.15, 0.2) is 39.1 Å². The van der Waals surface area contributed by atoms with E-state index in [2.05, 4.69) is 0 Å². The summed E-state index contributed by atoms with van der Waals surface area (Å²) in [4.78, 5) is 25.7. The van der Waals surface area contributed by atoms with Gasteiger partial charge < -0.3 is 15.3 Å². The third-order valence-electron chi connectivity index (χ3n) is 3.91. The highest BCUT2D eigenvalue weighted by molar-refractivity contribution is 8.23. The second-order valence-corrected chi connectivity index (χ2v) is 9.22. The topological polar surface area (TPSA) is 98.1 Å². The minimum Gasteiger partial charge on any atom is -0.507 e. The molecule has 2 aliphatic heterocycles. The molecule has 6 nitrogen and oxygen atoms in total. The van der Waals surface area contributed by atoms with E-state index in [1.807, 2.05) is 12.1 Å². The quantitative estimate of drug-likeness (QED) is 0.365. The van der Waals surface area contributed by atoms with E-state index < -0.39 is 18.0 Å². The van der Waals surface area contributed by atoms with Crippen molar-refractivity contribution < 1.29 is 24.9 Å². The smallest absolute Gasteiger partial charge is 0.354 e. The first kappa shape index (κ1) is 18.5. The van der Waals surface area contributed by atoms with E-state index in [0.717, 1.165) is 4.90 Å². The molecule has 1 aromatic carbocycles. The number of aliphatic hydroxyl groups excluding tert-OH is 1. The van der Waals surface area contributed by atoms with Gasteiger partial charge in [-0.25, -0.2) is 4.79 Å². The van der Waals surface area contributed by atoms with Crippen molar-refractivity contribution in [3.63, 3.8) is 0 Å². The fraction of sp³-hybridized carbons (Fsp3) is 0.375. The number of rotatable bonds is 7. The number of carbonyl (C=O) groups is 2. The van der Waals surface area contributed by atoms with E-state index in [9.17, 15) is 24.9 Å². The van der Waals surface area contributed by atoms with Crippen LogP contribution in [-0.2, 0) is 9.59 Å². The van der Waals surface area contributed by atoms with Crippen molar-refractivity contribution in [2.45, 2.75) is 23.3 Å². The summed E-state index contributed by atoms with van der Waals surface area (Å²) < 4.78 is 0.604. The molecule has 1 aromatic rings. The summed E-state index contributed by atoms with van der Waals surface area (Å²) in [5, 5.41) is 28.6. The van der Waals surface area contributed by atoms with Gasteiger partial charge in [-0.1, -0.05) is 23.9 Å². The van der Waals surface area contributed by atoms with Crippen molar-refractivity contribution in [1.29, 1.82) is 0 Å². The zero-order valence-electron chi connectivity index (χ0n) is 13.3. The highest BCUT2D eigenvalue weighted by atomic mass is 32.2. The molecule has 3 rings (SSSR count). The summed E-state index contributed by atoms with van der Waals surface area (Å²) in [5.74, 6) is -0.433. The Morgan fingerprint density at radius 1 is 1.32 bits per heavy atom. The van der Waals surface area contributed by atoms with Gasteiger partial charge in [0.25, 0.3) is 0 Å². The molecule has 0 radical (unpaired) electrons. The summed E-state index contributed by atoms with van der Waals surface area (Å²) in [5.41, 5.74) is 0.0226. The number of aliphatic hydroxyl groups is 1. The molecule has 2 aliphatic rings. The third kappa shape index (κ3) is 3.51. The second-order valence-electron chi connectivity index (χ2n) is 5.59. The number of phenolic OH excluding ortho intramolecular Hbond substituents is 1. The minimum absolute atomic E-state index is 0.0226. The molecule has 9 heteroatoms. The lowest BCUT2D eigenvalue weighted by molar-refractivity contribution is -0.156. The van der Waals surface area contributed by atoms with Crippen molar-refractivity contribution >= 4 is 47.2 Å². The molecule has 25 heavy (non-hydrogen) atoms. The second kappa shape index (κ2) is 7.53. The monoisotopic (exact) mass is 399 g/mol. The molecule has 0 spiro atoms. The number of hydrogen-bond acceptors (Lipinski definition) is 7. The number of phenols is 1. The van der Waals surface area contributed by atoms with E-state index in [-0.39, 0.29) is 22.7 Å². The first-order valence-corrected chi connectivity index (χ1v) is 10.5. The minimum atomic E-state index is -1.12. The van der Waals surface area contributed by atoms with Gasteiger partial charge >= 0.3 is 5.97 Å². The van der Waals surface area contributed by atoms with Crippen LogP contribution in [0.25, 0.3) is 0 Å². The Morgan fingerprint density at radius 2 is 2.00 bits per heavy atom. The Morgan fingerprint density at radius 3 is 2.64 bits per heavy atom. The van der Waals surface area contributed by atoms with Gasteiger partial charge in [0, 0.05) is 16.4 Å². The number of nitrogens with zero attached hydrogens (tertiary/aromatic N) is 1. The average Bonchev–Trinajstić information content (AvgIpc) is 2.87. The van der Waals surface area contributed by atoms with Crippen LogP contribution < -0.4 is 0 Å². The molecule has 2 heterocycles. The Hall–Kier alpha value is -1.29. The summed E-state index contributed by atoms with van der Waals surface area (Å²) in [6.45, 7) is 1.55. The van der Waals surface area contributed by atoms with Crippen LogP contribution in [0.2, 0.25) is 0 Å². The fourth-order valence-corrected chi connectivity index (χ4v) is 6.64. The number of β-lactam (4-membered cyclic amide) rings is 1. The predicted molar refractivity (Wildman–Crippen MR) is 99.3 cm³/mol. The zero-order chi connectivity index (χ0) is 18.1. The number of carboxylic acids is 1. The standard InChI is InChI=1S/C16H17NO5S3/c1-8(18)11-13(20)17-12(15(21)22)16(25-14(11)17)24-7-6-23-10-5-3-2-4-9(10)19/h2-5,8,11,14,18-19H,6-7H2,1H3,(H,21,22)/t8?,11-,14+/m0/s1. The molecule has 1 amide bonds. The van der Waals surface area contributed by atoms with E-state index in [1.54, 1.807) is 19.1 Å². The van der Waals surface area contributed by atoms with Crippen LogP contribution in [0.5, 0.6) is 5.75 Å². The molecule has 0 aromatic heterocycles.